The van der Waals surface area contributed by atoms with E-state index in [-0.39, 0.29) is 17.0 Å². The number of hydrogen-bond donors (Lipinski definition) is 1. The standard InChI is InChI=1S/C18H9F7N4O/c19-14-2-1-11(17(20,21)22)4-10(14)8-30-13-5-9(3-12(6-13)18(23,24)25)16-15(7-26)27-29-28-16/h1-6H,8H2,(H,27,28,29). The highest BCUT2D eigenvalue weighted by atomic mass is 19.4. The Balaban J connectivity index is 1.97. The van der Waals surface area contributed by atoms with E-state index in [1.54, 1.807) is 6.07 Å². The number of ether oxygens (including phenoxy) is 1. The molecule has 5 nitrogen and oxygen atoms in total. The maximum atomic E-state index is 13.8. The fourth-order valence-electron chi connectivity index (χ4n) is 2.51. The number of nitrogens with one attached hydrogen (secondary N) is 1. The van der Waals surface area contributed by atoms with Crippen LogP contribution >= 0.6 is 0 Å². The second-order valence-corrected chi connectivity index (χ2v) is 5.98. The molecule has 0 amide bonds. The molecular weight excluding hydrogens is 421 g/mol. The SMILES string of the molecule is N#Cc1[nH]nnc1-c1cc(OCc2cc(C(F)(F)F)ccc2F)cc(C(F)(F)F)c1. The Morgan fingerprint density at radius 3 is 2.30 bits per heavy atom. The number of nitriles is 1. The van der Waals surface area contributed by atoms with Gasteiger partial charge in [0.1, 0.15) is 29.9 Å². The van der Waals surface area contributed by atoms with E-state index in [2.05, 4.69) is 15.4 Å². The molecule has 0 atom stereocenters. The van der Waals surface area contributed by atoms with Gasteiger partial charge >= 0.3 is 12.4 Å². The van der Waals surface area contributed by atoms with Gasteiger partial charge < -0.3 is 4.74 Å². The summed E-state index contributed by atoms with van der Waals surface area (Å²) in [6.45, 7) is -0.763. The molecule has 1 heterocycles. The minimum Gasteiger partial charge on any atom is -0.489 e. The molecule has 0 spiro atoms. The summed E-state index contributed by atoms with van der Waals surface area (Å²) < 4.78 is 97.1. The van der Waals surface area contributed by atoms with Gasteiger partial charge in [-0.05, 0) is 36.4 Å². The van der Waals surface area contributed by atoms with Crippen molar-refractivity contribution in [1.82, 2.24) is 15.4 Å². The van der Waals surface area contributed by atoms with E-state index in [9.17, 15) is 30.7 Å². The minimum absolute atomic E-state index is 0.172. The van der Waals surface area contributed by atoms with Crippen LogP contribution in [0.4, 0.5) is 30.7 Å². The third-order valence-corrected chi connectivity index (χ3v) is 3.94. The summed E-state index contributed by atoms with van der Waals surface area (Å²) in [6, 6.07) is 5.70. The number of halogens is 7. The van der Waals surface area contributed by atoms with Crippen LogP contribution in [0.1, 0.15) is 22.4 Å². The summed E-state index contributed by atoms with van der Waals surface area (Å²) in [5, 5.41) is 18.1. The molecule has 12 heteroatoms. The smallest absolute Gasteiger partial charge is 0.416 e. The molecule has 156 valence electrons. The number of benzene rings is 2. The molecule has 0 bridgehead atoms. The lowest BCUT2D eigenvalue weighted by Gasteiger charge is -2.14. The Labute approximate surface area is 163 Å². The van der Waals surface area contributed by atoms with Crippen molar-refractivity contribution in [3.05, 3.63) is 64.6 Å². The van der Waals surface area contributed by atoms with Gasteiger partial charge in [0.05, 0.1) is 11.1 Å². The van der Waals surface area contributed by atoms with Crippen LogP contribution in [0.3, 0.4) is 0 Å². The van der Waals surface area contributed by atoms with Crippen LogP contribution in [0, 0.1) is 17.1 Å². The van der Waals surface area contributed by atoms with Crippen molar-refractivity contribution in [1.29, 1.82) is 5.26 Å². The summed E-state index contributed by atoms with van der Waals surface area (Å²) in [5.41, 5.74) is -3.35. The van der Waals surface area contributed by atoms with E-state index in [1.165, 1.54) is 0 Å². The average molecular weight is 430 g/mol. The first-order valence-electron chi connectivity index (χ1n) is 8.01. The molecule has 0 saturated heterocycles. The van der Waals surface area contributed by atoms with Crippen molar-refractivity contribution < 1.29 is 35.5 Å². The van der Waals surface area contributed by atoms with Crippen LogP contribution in [0.5, 0.6) is 5.75 Å². The predicted octanol–water partition coefficient (Wildman–Crippen LogP) is 5.10. The fraction of sp³-hybridized carbons (Fsp3) is 0.167. The first kappa shape index (κ1) is 21.1. The molecule has 0 unspecified atom stereocenters. The maximum Gasteiger partial charge on any atom is 0.416 e. The molecule has 1 N–H and O–H groups in total. The Bertz CT molecular complexity index is 1110. The van der Waals surface area contributed by atoms with Crippen molar-refractivity contribution in [2.75, 3.05) is 0 Å². The Kier molecular flexibility index (Phi) is 5.39. The Hall–Kier alpha value is -3.62. The van der Waals surface area contributed by atoms with E-state index >= 15 is 0 Å². The van der Waals surface area contributed by atoms with Crippen LogP contribution in [0.15, 0.2) is 36.4 Å². The largest absolute Gasteiger partial charge is 0.489 e. The number of alkyl halides is 6. The molecule has 1 aromatic heterocycles. The van der Waals surface area contributed by atoms with E-state index < -0.39 is 47.2 Å². The summed E-state index contributed by atoms with van der Waals surface area (Å²) in [5.74, 6) is -1.43. The predicted molar refractivity (Wildman–Crippen MR) is 87.3 cm³/mol. The van der Waals surface area contributed by atoms with Crippen molar-refractivity contribution in [2.24, 2.45) is 0 Å². The van der Waals surface area contributed by atoms with Gasteiger partial charge in [0, 0.05) is 11.1 Å². The molecule has 0 fully saturated rings. The maximum absolute atomic E-state index is 13.8. The summed E-state index contributed by atoms with van der Waals surface area (Å²) in [6.07, 6.45) is -9.53. The third-order valence-electron chi connectivity index (χ3n) is 3.94. The van der Waals surface area contributed by atoms with E-state index in [1.807, 2.05) is 0 Å². The lowest BCUT2D eigenvalue weighted by atomic mass is 10.1. The van der Waals surface area contributed by atoms with Crippen LogP contribution in [-0.2, 0) is 19.0 Å². The second kappa shape index (κ2) is 7.66. The highest BCUT2D eigenvalue weighted by Crippen LogP contribution is 2.36. The first-order chi connectivity index (χ1) is 14.0. The molecule has 0 aliphatic heterocycles. The summed E-state index contributed by atoms with van der Waals surface area (Å²) in [4.78, 5) is 0. The molecule has 3 aromatic rings. The number of H-pyrrole nitrogens is 1. The van der Waals surface area contributed by atoms with Gasteiger partial charge in [0.2, 0.25) is 0 Å². The second-order valence-electron chi connectivity index (χ2n) is 5.98. The first-order valence-corrected chi connectivity index (χ1v) is 8.01. The third kappa shape index (κ3) is 4.51. The van der Waals surface area contributed by atoms with Crippen LogP contribution in [-0.4, -0.2) is 15.4 Å². The van der Waals surface area contributed by atoms with Gasteiger partial charge in [0.15, 0.2) is 5.69 Å². The number of aromatic nitrogens is 3. The van der Waals surface area contributed by atoms with E-state index in [0.29, 0.717) is 30.3 Å². The lowest BCUT2D eigenvalue weighted by Crippen LogP contribution is -2.09. The molecule has 0 aliphatic rings. The molecule has 0 saturated carbocycles. The van der Waals surface area contributed by atoms with Crippen molar-refractivity contribution in [3.8, 4) is 23.1 Å². The zero-order valence-electron chi connectivity index (χ0n) is 14.6. The molecule has 2 aromatic carbocycles. The molecular formula is C18H9F7N4O. The normalized spacial score (nSPS) is 11.9. The number of aromatic amines is 1. The molecule has 0 radical (unpaired) electrons. The van der Waals surface area contributed by atoms with Gasteiger partial charge in [-0.1, -0.05) is 5.21 Å². The van der Waals surface area contributed by atoms with Gasteiger partial charge in [-0.25, -0.2) is 9.49 Å². The van der Waals surface area contributed by atoms with Crippen LogP contribution in [0.25, 0.3) is 11.3 Å². The van der Waals surface area contributed by atoms with Crippen molar-refractivity contribution in [2.45, 2.75) is 19.0 Å². The fourth-order valence-corrected chi connectivity index (χ4v) is 2.51. The number of rotatable bonds is 4. The monoisotopic (exact) mass is 430 g/mol. The minimum atomic E-state index is -4.80. The Morgan fingerprint density at radius 1 is 0.967 bits per heavy atom. The topological polar surface area (TPSA) is 74.6 Å². The van der Waals surface area contributed by atoms with Gasteiger partial charge in [-0.3, -0.25) is 0 Å². The highest BCUT2D eigenvalue weighted by Gasteiger charge is 2.33. The molecule has 0 aliphatic carbocycles. The molecule has 30 heavy (non-hydrogen) atoms. The van der Waals surface area contributed by atoms with Gasteiger partial charge in [-0.15, -0.1) is 5.10 Å². The lowest BCUT2D eigenvalue weighted by molar-refractivity contribution is -0.138. The number of hydrogen-bond acceptors (Lipinski definition) is 4. The zero-order valence-corrected chi connectivity index (χ0v) is 14.6. The summed E-state index contributed by atoms with van der Waals surface area (Å²) >= 11 is 0. The van der Waals surface area contributed by atoms with E-state index in [0.717, 1.165) is 6.07 Å². The van der Waals surface area contributed by atoms with Crippen molar-refractivity contribution >= 4 is 0 Å². The number of nitrogens with zero attached hydrogens (tertiary/aromatic N) is 3. The van der Waals surface area contributed by atoms with Crippen LogP contribution < -0.4 is 4.74 Å². The van der Waals surface area contributed by atoms with Crippen molar-refractivity contribution in [3.63, 3.8) is 0 Å². The van der Waals surface area contributed by atoms with E-state index in [4.69, 9.17) is 10.00 Å². The van der Waals surface area contributed by atoms with Gasteiger partial charge in [-0.2, -0.15) is 31.6 Å². The zero-order chi connectivity index (χ0) is 22.1. The summed E-state index contributed by atoms with van der Waals surface area (Å²) in [7, 11) is 0. The molecule has 3 rings (SSSR count). The average Bonchev–Trinajstić information content (AvgIpc) is 3.14. The quantitative estimate of drug-likeness (QED) is 0.585. The highest BCUT2D eigenvalue weighted by molar-refractivity contribution is 5.67. The van der Waals surface area contributed by atoms with Crippen LogP contribution in [0.2, 0.25) is 0 Å². The van der Waals surface area contributed by atoms with Gasteiger partial charge in [0.25, 0.3) is 0 Å². The Morgan fingerprint density at radius 2 is 1.67 bits per heavy atom.